The maximum Gasteiger partial charge on any atom is 0.313 e. The van der Waals surface area contributed by atoms with Crippen molar-refractivity contribution in [3.63, 3.8) is 0 Å². The molecule has 0 spiro atoms. The maximum absolute atomic E-state index is 11.6. The van der Waals surface area contributed by atoms with Gasteiger partial charge in [0.1, 0.15) is 5.75 Å². The Labute approximate surface area is 113 Å². The Morgan fingerprint density at radius 3 is 2.42 bits per heavy atom. The number of carbonyl (C=O) groups excluding carboxylic acids is 1. The summed E-state index contributed by atoms with van der Waals surface area (Å²) in [6.07, 6.45) is 0.716. The van der Waals surface area contributed by atoms with E-state index in [0.717, 1.165) is 0 Å². The van der Waals surface area contributed by atoms with E-state index in [1.807, 2.05) is 20.8 Å². The molecule has 0 unspecified atom stereocenters. The molecule has 2 N–H and O–H groups in total. The average Bonchev–Trinajstić information content (AvgIpc) is 2.40. The average molecular weight is 267 g/mol. The van der Waals surface area contributed by atoms with Crippen molar-refractivity contribution in [1.82, 2.24) is 0 Å². The molecule has 5 nitrogen and oxygen atoms in total. The van der Waals surface area contributed by atoms with E-state index < -0.39 is 5.41 Å². The molecular weight excluding hydrogens is 246 g/mol. The number of esters is 1. The second-order valence-corrected chi connectivity index (χ2v) is 4.82. The summed E-state index contributed by atoms with van der Waals surface area (Å²) in [6, 6.07) is 6.95. The molecule has 19 heavy (non-hydrogen) atoms. The lowest BCUT2D eigenvalue weighted by Crippen LogP contribution is -2.26. The van der Waals surface area contributed by atoms with Crippen LogP contribution in [0.15, 0.2) is 24.3 Å². The Bertz CT molecular complexity index is 400. The molecule has 0 saturated heterocycles. The molecule has 0 heterocycles. The molecule has 1 aromatic carbocycles. The molecule has 0 radical (unpaired) electrons. The van der Waals surface area contributed by atoms with Crippen molar-refractivity contribution in [2.24, 2.45) is 5.41 Å². The standard InChI is InChI=1S/C14H21NO4/c1-4-14(2,3)13(16)19-10-17-9-18-12-7-5-11(15)6-8-12/h5-8H,4,9-10,15H2,1-3H3. The predicted octanol–water partition coefficient (Wildman–Crippen LogP) is 2.56. The van der Waals surface area contributed by atoms with Gasteiger partial charge in [0, 0.05) is 5.69 Å². The largest absolute Gasteiger partial charge is 0.467 e. The third-order valence-electron chi connectivity index (χ3n) is 2.90. The first-order chi connectivity index (χ1) is 8.95. The zero-order valence-electron chi connectivity index (χ0n) is 11.6. The van der Waals surface area contributed by atoms with E-state index in [1.54, 1.807) is 24.3 Å². The second-order valence-electron chi connectivity index (χ2n) is 4.82. The third-order valence-corrected chi connectivity index (χ3v) is 2.90. The molecule has 0 bridgehead atoms. The Kier molecular flexibility index (Phi) is 5.63. The van der Waals surface area contributed by atoms with Crippen molar-refractivity contribution in [1.29, 1.82) is 0 Å². The molecule has 0 atom stereocenters. The molecule has 0 aliphatic heterocycles. The number of hydrogen-bond acceptors (Lipinski definition) is 5. The Balaban J connectivity index is 2.18. The molecule has 1 aromatic rings. The van der Waals surface area contributed by atoms with Crippen molar-refractivity contribution in [2.75, 3.05) is 19.3 Å². The summed E-state index contributed by atoms with van der Waals surface area (Å²) in [5, 5.41) is 0. The van der Waals surface area contributed by atoms with E-state index in [9.17, 15) is 4.79 Å². The summed E-state index contributed by atoms with van der Waals surface area (Å²) in [6.45, 7) is 5.51. The topological polar surface area (TPSA) is 70.8 Å². The molecule has 106 valence electrons. The quantitative estimate of drug-likeness (QED) is 0.356. The van der Waals surface area contributed by atoms with Gasteiger partial charge in [-0.3, -0.25) is 4.79 Å². The third kappa shape index (κ3) is 5.18. The molecule has 0 aliphatic rings. The number of nitrogens with two attached hydrogens (primary N) is 1. The maximum atomic E-state index is 11.6. The van der Waals surface area contributed by atoms with E-state index in [0.29, 0.717) is 17.9 Å². The Morgan fingerprint density at radius 2 is 1.84 bits per heavy atom. The Hall–Kier alpha value is -1.75. The molecule has 0 amide bonds. The molecule has 5 heteroatoms. The first kappa shape index (κ1) is 15.3. The highest BCUT2D eigenvalue weighted by Gasteiger charge is 2.26. The van der Waals surface area contributed by atoms with Gasteiger partial charge >= 0.3 is 5.97 Å². The summed E-state index contributed by atoms with van der Waals surface area (Å²) in [5.41, 5.74) is 5.73. The van der Waals surface area contributed by atoms with Gasteiger partial charge in [-0.1, -0.05) is 6.92 Å². The summed E-state index contributed by atoms with van der Waals surface area (Å²) >= 11 is 0. The van der Waals surface area contributed by atoms with Crippen LogP contribution in [-0.2, 0) is 14.3 Å². The second kappa shape index (κ2) is 6.99. The number of benzene rings is 1. The normalized spacial score (nSPS) is 11.1. The minimum Gasteiger partial charge on any atom is -0.467 e. The van der Waals surface area contributed by atoms with E-state index in [4.69, 9.17) is 19.9 Å². The van der Waals surface area contributed by atoms with Gasteiger partial charge in [-0.25, -0.2) is 0 Å². The fraction of sp³-hybridized carbons (Fsp3) is 0.500. The number of nitrogen functional groups attached to an aromatic ring is 1. The zero-order chi connectivity index (χ0) is 14.3. The van der Waals surface area contributed by atoms with Crippen molar-refractivity contribution in [3.05, 3.63) is 24.3 Å². The zero-order valence-corrected chi connectivity index (χ0v) is 11.6. The van der Waals surface area contributed by atoms with Gasteiger partial charge in [-0.2, -0.15) is 0 Å². The number of ether oxygens (including phenoxy) is 3. The van der Waals surface area contributed by atoms with Crippen molar-refractivity contribution < 1.29 is 19.0 Å². The smallest absolute Gasteiger partial charge is 0.313 e. The van der Waals surface area contributed by atoms with Gasteiger partial charge in [0.2, 0.25) is 0 Å². The van der Waals surface area contributed by atoms with Crippen molar-refractivity contribution in [2.45, 2.75) is 27.2 Å². The van der Waals surface area contributed by atoms with E-state index >= 15 is 0 Å². The highest BCUT2D eigenvalue weighted by Crippen LogP contribution is 2.21. The number of rotatable bonds is 7. The van der Waals surface area contributed by atoms with Gasteiger partial charge in [-0.15, -0.1) is 0 Å². The van der Waals surface area contributed by atoms with Gasteiger partial charge in [-0.05, 0) is 44.5 Å². The Morgan fingerprint density at radius 1 is 1.21 bits per heavy atom. The first-order valence-corrected chi connectivity index (χ1v) is 6.19. The van der Waals surface area contributed by atoms with Crippen LogP contribution in [0, 0.1) is 5.41 Å². The lowest BCUT2D eigenvalue weighted by atomic mass is 9.91. The van der Waals surface area contributed by atoms with Crippen molar-refractivity contribution in [3.8, 4) is 5.75 Å². The minimum absolute atomic E-state index is 0.0176. The molecule has 0 aliphatic carbocycles. The number of hydrogen-bond donors (Lipinski definition) is 1. The molecular formula is C14H21NO4. The summed E-state index contributed by atoms with van der Waals surface area (Å²) in [5.74, 6) is 0.372. The number of anilines is 1. The molecule has 0 saturated carbocycles. The van der Waals surface area contributed by atoms with Gasteiger partial charge < -0.3 is 19.9 Å². The summed E-state index contributed by atoms with van der Waals surface area (Å²) in [7, 11) is 0. The molecule has 0 fully saturated rings. The van der Waals surface area contributed by atoms with Crippen LogP contribution < -0.4 is 10.5 Å². The fourth-order valence-electron chi connectivity index (χ4n) is 1.14. The van der Waals surface area contributed by atoms with Crippen molar-refractivity contribution >= 4 is 11.7 Å². The van der Waals surface area contributed by atoms with Crippen LogP contribution in [-0.4, -0.2) is 19.6 Å². The van der Waals surface area contributed by atoms with Gasteiger partial charge in [0.15, 0.2) is 13.6 Å². The fourth-order valence-corrected chi connectivity index (χ4v) is 1.14. The van der Waals surface area contributed by atoms with Crippen LogP contribution in [0.4, 0.5) is 5.69 Å². The van der Waals surface area contributed by atoms with Crippen LogP contribution in [0.2, 0.25) is 0 Å². The van der Waals surface area contributed by atoms with E-state index in [1.165, 1.54) is 0 Å². The first-order valence-electron chi connectivity index (χ1n) is 6.19. The van der Waals surface area contributed by atoms with E-state index in [2.05, 4.69) is 0 Å². The highest BCUT2D eigenvalue weighted by atomic mass is 16.7. The minimum atomic E-state index is -0.485. The van der Waals surface area contributed by atoms with Crippen LogP contribution in [0.3, 0.4) is 0 Å². The number of carbonyl (C=O) groups is 1. The molecule has 0 aromatic heterocycles. The van der Waals surface area contributed by atoms with Crippen LogP contribution in [0.5, 0.6) is 5.75 Å². The van der Waals surface area contributed by atoms with Gasteiger partial charge in [0.25, 0.3) is 0 Å². The summed E-state index contributed by atoms with van der Waals surface area (Å²) in [4.78, 5) is 11.6. The summed E-state index contributed by atoms with van der Waals surface area (Å²) < 4.78 is 15.4. The van der Waals surface area contributed by atoms with Crippen LogP contribution in [0.25, 0.3) is 0 Å². The van der Waals surface area contributed by atoms with Gasteiger partial charge in [0.05, 0.1) is 5.41 Å². The molecule has 1 rings (SSSR count). The SMILES string of the molecule is CCC(C)(C)C(=O)OCOCOc1ccc(N)cc1. The highest BCUT2D eigenvalue weighted by molar-refractivity contribution is 5.75. The monoisotopic (exact) mass is 267 g/mol. The predicted molar refractivity (Wildman–Crippen MR) is 72.5 cm³/mol. The lowest BCUT2D eigenvalue weighted by Gasteiger charge is -2.20. The van der Waals surface area contributed by atoms with Crippen LogP contribution in [0.1, 0.15) is 27.2 Å². The lowest BCUT2D eigenvalue weighted by molar-refractivity contribution is -0.172. The van der Waals surface area contributed by atoms with E-state index in [-0.39, 0.29) is 19.6 Å². The van der Waals surface area contributed by atoms with Crippen LogP contribution >= 0.6 is 0 Å².